The van der Waals surface area contributed by atoms with Gasteiger partial charge in [-0.25, -0.2) is 9.55 Å². The lowest BCUT2D eigenvalue weighted by atomic mass is 10.1. The third kappa shape index (κ3) is 9.10. The van der Waals surface area contributed by atoms with E-state index in [1.807, 2.05) is 6.92 Å². The number of aromatic amines is 1. The first-order valence-electron chi connectivity index (χ1n) is 16.0. The zero-order valence-corrected chi connectivity index (χ0v) is 29.1. The van der Waals surface area contributed by atoms with Gasteiger partial charge in [0, 0.05) is 6.20 Å². The molecule has 4 rings (SSSR count). The molecule has 15 nitrogen and oxygen atoms in total. The monoisotopic (exact) mass is 687 g/mol. The molecular formula is C32H46N7O8P. The number of nitrogen functional groups attached to an aromatic ring is 1. The number of fused-ring (bicyclic) bond motifs is 1. The largest absolute Gasteiger partial charge is 0.463 e. The highest BCUT2D eigenvalue weighted by molar-refractivity contribution is 7.52. The number of imidazole rings is 1. The summed E-state index contributed by atoms with van der Waals surface area (Å²) in [6.45, 7) is 10.6. The number of nitrogens with two attached hydrogens (primary N) is 2. The van der Waals surface area contributed by atoms with Gasteiger partial charge in [-0.3, -0.25) is 28.5 Å². The SMILES string of the molecule is CCCC(C)OC(=O)C(N[P@](=O)(OC[C@@]1(COC(=O)C(N)C(C)C)C/C1=C/n1cnc2c(=O)[nH]c(N)nc21)Oc1ccccc1)C(C)C. The standard InChI is InChI=1S/C32H46N7O8P/c1-7-11-21(6)46-30(42)25(20(4)5)38-48(43,47-23-12-9-8-10-13-23)45-17-32(16-44-29(41)24(33)19(2)3)14-22(32)15-39-18-35-26-27(39)36-31(34)37-28(26)40/h8-10,12-13,15,18-21,24-25H,7,11,14,16-17,33H2,1-6H3,(H,38,43)(H3,34,36,37,40)/b22-15-/t21?,24?,25?,32-,48-/m0/s1. The summed E-state index contributed by atoms with van der Waals surface area (Å²) in [5, 5.41) is 2.83. The average Bonchev–Trinajstić information content (AvgIpc) is 3.56. The van der Waals surface area contributed by atoms with Crippen molar-refractivity contribution in [3.05, 3.63) is 52.6 Å². The highest BCUT2D eigenvalue weighted by Crippen LogP contribution is 2.57. The second-order valence-corrected chi connectivity index (χ2v) is 14.5. The summed E-state index contributed by atoms with van der Waals surface area (Å²) < 4.78 is 39.3. The Balaban J connectivity index is 1.65. The number of para-hydroxylation sites is 1. The summed E-state index contributed by atoms with van der Waals surface area (Å²) in [4.78, 5) is 49.1. The molecule has 1 saturated carbocycles. The van der Waals surface area contributed by atoms with Crippen molar-refractivity contribution in [2.45, 2.75) is 79.0 Å². The second kappa shape index (κ2) is 15.5. The van der Waals surface area contributed by atoms with Crippen LogP contribution in [-0.2, 0) is 28.2 Å². The first kappa shape index (κ1) is 36.8. The minimum absolute atomic E-state index is 0.0814. The second-order valence-electron chi connectivity index (χ2n) is 12.8. The molecule has 1 aromatic carbocycles. The van der Waals surface area contributed by atoms with E-state index in [9.17, 15) is 18.9 Å². The number of carbonyl (C=O) groups is 2. The molecule has 0 spiro atoms. The molecular weight excluding hydrogens is 641 g/mol. The molecule has 5 atom stereocenters. The van der Waals surface area contributed by atoms with Crippen molar-refractivity contribution in [2.75, 3.05) is 18.9 Å². The number of rotatable bonds is 17. The Kier molecular flexibility index (Phi) is 11.8. The van der Waals surface area contributed by atoms with Gasteiger partial charge in [-0.1, -0.05) is 59.2 Å². The van der Waals surface area contributed by atoms with Gasteiger partial charge in [0.05, 0.1) is 18.1 Å². The van der Waals surface area contributed by atoms with Gasteiger partial charge < -0.3 is 25.5 Å². The molecule has 0 amide bonds. The summed E-state index contributed by atoms with van der Waals surface area (Å²) in [7, 11) is -4.29. The van der Waals surface area contributed by atoms with Gasteiger partial charge in [-0.2, -0.15) is 10.1 Å². The predicted octanol–water partition coefficient (Wildman–Crippen LogP) is 4.01. The van der Waals surface area contributed by atoms with E-state index in [1.165, 1.54) is 10.9 Å². The fourth-order valence-electron chi connectivity index (χ4n) is 4.92. The molecule has 262 valence electrons. The maximum absolute atomic E-state index is 14.5. The van der Waals surface area contributed by atoms with Gasteiger partial charge in [-0.15, -0.1) is 0 Å². The van der Waals surface area contributed by atoms with Gasteiger partial charge in [0.25, 0.3) is 5.56 Å². The van der Waals surface area contributed by atoms with Crippen LogP contribution in [0.1, 0.15) is 60.8 Å². The number of hydrogen-bond acceptors (Lipinski definition) is 12. The van der Waals surface area contributed by atoms with Gasteiger partial charge >= 0.3 is 19.7 Å². The van der Waals surface area contributed by atoms with Crippen LogP contribution >= 0.6 is 7.75 Å². The minimum atomic E-state index is -4.29. The van der Waals surface area contributed by atoms with E-state index in [4.69, 9.17) is 30.0 Å². The first-order valence-corrected chi connectivity index (χ1v) is 17.5. The molecule has 0 aliphatic heterocycles. The highest BCUT2D eigenvalue weighted by atomic mass is 31.2. The number of nitrogens with one attached hydrogen (secondary N) is 2. The fourth-order valence-corrected chi connectivity index (χ4v) is 6.66. The van der Waals surface area contributed by atoms with Crippen LogP contribution in [0.25, 0.3) is 17.4 Å². The number of carbonyl (C=O) groups excluding carboxylic acids is 2. The third-order valence-corrected chi connectivity index (χ3v) is 9.54. The van der Waals surface area contributed by atoms with Crippen LogP contribution in [0, 0.1) is 17.3 Å². The number of benzene rings is 1. The lowest BCUT2D eigenvalue weighted by molar-refractivity contribution is -0.152. The molecule has 0 bridgehead atoms. The van der Waals surface area contributed by atoms with Crippen LogP contribution in [0.2, 0.25) is 0 Å². The van der Waals surface area contributed by atoms with Crippen LogP contribution in [0.5, 0.6) is 5.75 Å². The summed E-state index contributed by atoms with van der Waals surface area (Å²) in [5.74, 6) is -1.53. The maximum Gasteiger partial charge on any atom is 0.459 e. The Hall–Kier alpha value is -4.04. The smallest absolute Gasteiger partial charge is 0.459 e. The van der Waals surface area contributed by atoms with Crippen molar-refractivity contribution in [2.24, 2.45) is 23.0 Å². The van der Waals surface area contributed by atoms with Crippen LogP contribution in [-0.4, -0.2) is 62.9 Å². The number of nitrogens with zero attached hydrogens (tertiary/aromatic N) is 3. The normalized spacial score (nSPS) is 20.0. The summed E-state index contributed by atoms with van der Waals surface area (Å²) >= 11 is 0. The van der Waals surface area contributed by atoms with Crippen molar-refractivity contribution in [3.63, 3.8) is 0 Å². The van der Waals surface area contributed by atoms with E-state index in [0.717, 1.165) is 6.42 Å². The zero-order chi connectivity index (χ0) is 35.2. The number of hydrogen-bond donors (Lipinski definition) is 4. The Bertz CT molecular complexity index is 1720. The first-order chi connectivity index (χ1) is 22.7. The van der Waals surface area contributed by atoms with Crippen molar-refractivity contribution in [1.29, 1.82) is 0 Å². The summed E-state index contributed by atoms with van der Waals surface area (Å²) in [6.07, 6.45) is 4.60. The fraction of sp³-hybridized carbons (Fsp3) is 0.531. The van der Waals surface area contributed by atoms with Crippen molar-refractivity contribution in [3.8, 4) is 5.75 Å². The average molecular weight is 688 g/mol. The van der Waals surface area contributed by atoms with Gasteiger partial charge in [0.2, 0.25) is 5.95 Å². The molecule has 1 aliphatic carbocycles. The van der Waals surface area contributed by atoms with E-state index in [0.29, 0.717) is 18.4 Å². The predicted molar refractivity (Wildman–Crippen MR) is 181 cm³/mol. The quantitative estimate of drug-likeness (QED) is 0.117. The van der Waals surface area contributed by atoms with Gasteiger partial charge in [0.15, 0.2) is 11.2 Å². The number of anilines is 1. The molecule has 0 saturated heterocycles. The molecule has 48 heavy (non-hydrogen) atoms. The van der Waals surface area contributed by atoms with Gasteiger partial charge in [0.1, 0.15) is 30.8 Å². The van der Waals surface area contributed by atoms with Crippen LogP contribution < -0.4 is 26.6 Å². The highest BCUT2D eigenvalue weighted by Gasteiger charge is 2.53. The number of esters is 2. The number of aromatic nitrogens is 4. The Morgan fingerprint density at radius 3 is 2.48 bits per heavy atom. The molecule has 6 N–H and O–H groups in total. The zero-order valence-electron chi connectivity index (χ0n) is 28.2. The lowest BCUT2D eigenvalue weighted by Crippen LogP contribution is -2.43. The van der Waals surface area contributed by atoms with Crippen molar-refractivity contribution < 1.29 is 32.7 Å². The molecule has 3 aromatic rings. The van der Waals surface area contributed by atoms with Gasteiger partial charge in [-0.05, 0) is 49.3 Å². The molecule has 1 aliphatic rings. The number of H-pyrrole nitrogens is 1. The maximum atomic E-state index is 14.5. The topological polar surface area (TPSA) is 216 Å². The molecule has 2 aromatic heterocycles. The Morgan fingerprint density at radius 2 is 1.83 bits per heavy atom. The Morgan fingerprint density at radius 1 is 1.12 bits per heavy atom. The molecule has 3 unspecified atom stereocenters. The summed E-state index contributed by atoms with van der Waals surface area (Å²) in [6, 6.07) is 6.54. The molecule has 1 fully saturated rings. The Labute approximate surface area is 279 Å². The number of ether oxygens (including phenoxy) is 2. The summed E-state index contributed by atoms with van der Waals surface area (Å²) in [5.41, 5.74) is 11.4. The minimum Gasteiger partial charge on any atom is -0.463 e. The van der Waals surface area contributed by atoms with E-state index >= 15 is 0 Å². The van der Waals surface area contributed by atoms with E-state index < -0.39 is 42.7 Å². The lowest BCUT2D eigenvalue weighted by Gasteiger charge is -2.28. The molecule has 2 heterocycles. The van der Waals surface area contributed by atoms with E-state index in [2.05, 4.69) is 20.0 Å². The molecule has 0 radical (unpaired) electrons. The van der Waals surface area contributed by atoms with E-state index in [-0.39, 0.29) is 54.0 Å². The van der Waals surface area contributed by atoms with Crippen LogP contribution in [0.15, 0.2) is 47.0 Å². The third-order valence-electron chi connectivity index (χ3n) is 8.02. The van der Waals surface area contributed by atoms with Crippen molar-refractivity contribution >= 4 is 43.0 Å². The molecule has 16 heteroatoms. The van der Waals surface area contributed by atoms with E-state index in [1.54, 1.807) is 71.2 Å². The van der Waals surface area contributed by atoms with Crippen molar-refractivity contribution in [1.82, 2.24) is 24.6 Å². The van der Waals surface area contributed by atoms with Crippen LogP contribution in [0.3, 0.4) is 0 Å². The van der Waals surface area contributed by atoms with Crippen LogP contribution in [0.4, 0.5) is 5.95 Å².